The molecule has 608 valence electrons. The Labute approximate surface area is 630 Å². The number of aliphatic hydroxyl groups is 2. The Morgan fingerprint density at radius 3 is 1.91 bits per heavy atom. The monoisotopic (exact) mass is 1560 g/mol. The van der Waals surface area contributed by atoms with Crippen LogP contribution in [0.25, 0.3) is 0 Å². The zero-order valence-corrected chi connectivity index (χ0v) is 61.6. The highest BCUT2D eigenvalue weighted by Crippen LogP contribution is 2.21. The quantitative estimate of drug-likeness (QED) is 0.0177. The first kappa shape index (κ1) is 92.6. The van der Waals surface area contributed by atoms with Gasteiger partial charge in [-0.05, 0) is 75.0 Å². The molecule has 2 fully saturated rings. The van der Waals surface area contributed by atoms with Crippen molar-refractivity contribution in [1.29, 1.82) is 0 Å². The molecule has 1 aromatic carbocycles. The molecule has 0 radical (unpaired) electrons. The Morgan fingerprint density at radius 1 is 0.664 bits per heavy atom. The number of carboxylic acid groups (broad SMARTS) is 5. The molecule has 2 aliphatic heterocycles. The normalized spacial score (nSPS) is 22.3. The summed E-state index contributed by atoms with van der Waals surface area (Å²) in [4.78, 5) is 258. The van der Waals surface area contributed by atoms with E-state index in [1.54, 1.807) is 6.08 Å². The summed E-state index contributed by atoms with van der Waals surface area (Å²) in [6.07, 6.45) is -4.80. The summed E-state index contributed by atoms with van der Waals surface area (Å²) < 4.78 is 5.59. The lowest BCUT2D eigenvalue weighted by molar-refractivity contribution is -0.157. The SMILES string of the molecule is CCC(C)CC/C=C/C=C\C(=O)NC[C@@H](C)C(=O)NCC(=O)N[C@H](CCC(=O)O)C(=O)NC(Cc1ccc(O)cc1)C(=O)NC1C(=O)N[C@H]([C@H](C)CC)C(=O)N[C@@H](CC(=O)O)C(=O)N[C@@H]([C@@H](O)C(=O)O)C(=O)N2CCC[C@H]2C(=O)NCC(=O)N[C@H](CCC(=O)O)C(=O)N[C@@H](C[C@@H](O)C(=O)O)C(=O)N(C)CC(=O)O[C@@H]1C. The summed E-state index contributed by atoms with van der Waals surface area (Å²) in [5.74, 6) is -28.5. The first-order chi connectivity index (χ1) is 51.7. The number of allylic oxidation sites excluding steroid dienone is 3. The van der Waals surface area contributed by atoms with Crippen molar-refractivity contribution in [3.63, 3.8) is 0 Å². The fraction of sp³-hybridized carbons (Fsp3) is 0.580. The summed E-state index contributed by atoms with van der Waals surface area (Å²) in [7, 11) is 0.886. The lowest BCUT2D eigenvalue weighted by Crippen LogP contribution is -2.64. The van der Waals surface area contributed by atoms with E-state index in [0.29, 0.717) is 15.7 Å². The Bertz CT molecular complexity index is 3570. The topological polar surface area (TPSA) is 634 Å². The smallest absolute Gasteiger partial charge is 0.335 e. The summed E-state index contributed by atoms with van der Waals surface area (Å²) in [5, 5.41) is 105. The van der Waals surface area contributed by atoms with Gasteiger partial charge in [-0.1, -0.05) is 77.8 Å². The van der Waals surface area contributed by atoms with Crippen LogP contribution in [-0.2, 0) is 102 Å². The predicted molar refractivity (Wildman–Crippen MR) is 378 cm³/mol. The van der Waals surface area contributed by atoms with Crippen molar-refractivity contribution in [1.82, 2.24) is 68.3 Å². The molecule has 0 spiro atoms. The first-order valence-electron chi connectivity index (χ1n) is 35.3. The zero-order valence-electron chi connectivity index (χ0n) is 61.6. The van der Waals surface area contributed by atoms with Crippen molar-refractivity contribution in [3.8, 4) is 5.75 Å². The van der Waals surface area contributed by atoms with E-state index in [2.05, 4.69) is 67.0 Å². The van der Waals surface area contributed by atoms with Gasteiger partial charge in [-0.2, -0.15) is 0 Å². The lowest BCUT2D eigenvalue weighted by Gasteiger charge is -2.32. The van der Waals surface area contributed by atoms with Crippen LogP contribution >= 0.6 is 0 Å². The fourth-order valence-electron chi connectivity index (χ4n) is 10.9. The second-order valence-corrected chi connectivity index (χ2v) is 26.5. The van der Waals surface area contributed by atoms with Crippen LogP contribution in [-0.4, -0.2) is 276 Å². The number of nitrogens with zero attached hydrogens (tertiary/aromatic N) is 2. The van der Waals surface area contributed by atoms with Gasteiger partial charge in [0.1, 0.15) is 72.8 Å². The predicted octanol–water partition coefficient (Wildman–Crippen LogP) is -5.34. The molecule has 15 atom stereocenters. The van der Waals surface area contributed by atoms with Gasteiger partial charge in [-0.15, -0.1) is 0 Å². The van der Waals surface area contributed by atoms with Crippen molar-refractivity contribution in [2.75, 3.05) is 39.8 Å². The van der Waals surface area contributed by atoms with Crippen molar-refractivity contribution in [2.45, 2.75) is 198 Å². The minimum absolute atomic E-state index is 0.0194. The number of nitrogens with one attached hydrogen (secondary N) is 11. The van der Waals surface area contributed by atoms with Gasteiger partial charge in [0.05, 0.1) is 25.4 Å². The highest BCUT2D eigenvalue weighted by molar-refractivity contribution is 6.01. The van der Waals surface area contributed by atoms with Crippen LogP contribution in [0.2, 0.25) is 0 Å². The van der Waals surface area contributed by atoms with Crippen LogP contribution in [0.4, 0.5) is 0 Å². The van der Waals surface area contributed by atoms with Crippen molar-refractivity contribution < 1.29 is 137 Å². The van der Waals surface area contributed by atoms with Crippen LogP contribution in [0.1, 0.15) is 124 Å². The molecule has 19 N–H and O–H groups in total. The average Bonchev–Trinajstić information content (AvgIpc) is 1.56. The van der Waals surface area contributed by atoms with E-state index in [-0.39, 0.29) is 43.7 Å². The number of phenols is 1. The maximum absolute atomic E-state index is 15.1. The molecule has 1 aromatic rings. The first-order valence-corrected chi connectivity index (χ1v) is 35.3. The highest BCUT2D eigenvalue weighted by Gasteiger charge is 2.45. The molecule has 3 rings (SSSR count). The minimum atomic E-state index is -2.87. The van der Waals surface area contributed by atoms with Gasteiger partial charge in [-0.25, -0.2) is 9.59 Å². The Kier molecular flexibility index (Phi) is 38.6. The van der Waals surface area contributed by atoms with Crippen LogP contribution in [0.5, 0.6) is 5.75 Å². The number of cyclic esters (lactones) is 1. The van der Waals surface area contributed by atoms with E-state index in [9.17, 15) is 122 Å². The van der Waals surface area contributed by atoms with Gasteiger partial charge >= 0.3 is 35.8 Å². The Morgan fingerprint density at radius 2 is 1.30 bits per heavy atom. The number of carbonyl (C=O) groups excluding carboxylic acids is 14. The van der Waals surface area contributed by atoms with Gasteiger partial charge < -0.3 is 114 Å². The lowest BCUT2D eigenvalue weighted by atomic mass is 9.96. The Hall–Kier alpha value is -11.6. The number of amides is 13. The number of hydrogen-bond acceptors (Lipinski definition) is 23. The number of ether oxygens (including phenoxy) is 1. The van der Waals surface area contributed by atoms with E-state index in [4.69, 9.17) is 4.74 Å². The van der Waals surface area contributed by atoms with Crippen LogP contribution < -0.4 is 58.5 Å². The number of likely N-dealkylation sites (N-methyl/N-ethyl adjacent to an activating group) is 1. The third kappa shape index (κ3) is 31.7. The van der Waals surface area contributed by atoms with Crippen molar-refractivity contribution in [2.24, 2.45) is 17.8 Å². The molecule has 0 aliphatic carbocycles. The van der Waals surface area contributed by atoms with Gasteiger partial charge in [0, 0.05) is 51.9 Å². The largest absolute Gasteiger partial charge is 0.508 e. The van der Waals surface area contributed by atoms with Gasteiger partial charge in [0.15, 0.2) is 12.2 Å². The van der Waals surface area contributed by atoms with E-state index in [1.807, 2.05) is 11.4 Å². The number of hydrogen-bond donors (Lipinski definition) is 19. The van der Waals surface area contributed by atoms with Crippen molar-refractivity contribution in [3.05, 3.63) is 54.1 Å². The number of aliphatic carboxylic acids is 5. The van der Waals surface area contributed by atoms with E-state index >= 15 is 9.59 Å². The molecule has 0 aromatic heterocycles. The number of rotatable bonds is 33. The molecule has 13 amide bonds. The van der Waals surface area contributed by atoms with E-state index < -0.39 is 262 Å². The molecule has 2 aliphatic rings. The maximum Gasteiger partial charge on any atom is 0.335 e. The number of carboxylic acids is 5. The molecule has 0 saturated carbocycles. The number of fused-ring (bicyclic) bond motifs is 1. The molecular formula is C69H99N13O28. The standard InChI is InChI=1S/C69H99N13O28/c1-8-34(3)15-12-10-11-13-17-47(85)70-30-36(5)58(96)71-31-48(86)73-40(22-24-50(88)89)59(97)75-42(27-38-18-20-39(83)21-19-38)61(99)79-55-37(6)110-53(94)33-81(7)66(104)44(28-46(84)68(106)107)77-60(98)41(23-25-51(90)91)74-49(87)32-72-63(101)45-16-14-26-82(45)67(105)56(57(95)69(108)109)80-62(100)43(29-52(92)93)76-64(102)54(35(4)9-2)78-65(55)103/h10-11,13,17-21,34-37,40-46,54-57,83-84,95H,8-9,12,14-16,22-33H2,1-7H3,(H,70,85)(H,71,96)(H,72,101)(H,73,86)(H,74,87)(H,75,97)(H,76,102)(H,77,98)(H,78,103)(H,79,99)(H,80,100)(H,88,89)(H,90,91)(H,92,93)(H,106,107)(H,108,109)/b11-10+,17-13-/t34?,35-,36-,37-,40-,41-,42?,43+,44+,45+,46-,54-,55?,56+,57-/m1/s1. The van der Waals surface area contributed by atoms with Crippen LogP contribution in [0.3, 0.4) is 0 Å². The van der Waals surface area contributed by atoms with Crippen LogP contribution in [0, 0.1) is 17.8 Å². The highest BCUT2D eigenvalue weighted by atomic mass is 16.5. The number of aromatic hydroxyl groups is 1. The van der Waals surface area contributed by atoms with Crippen LogP contribution in [0.15, 0.2) is 48.6 Å². The fourth-order valence-corrected chi connectivity index (χ4v) is 10.9. The van der Waals surface area contributed by atoms with Gasteiger partial charge in [-0.3, -0.25) is 81.5 Å². The number of aliphatic hydroxyl groups excluding tert-OH is 2. The minimum Gasteiger partial charge on any atom is -0.508 e. The molecule has 110 heavy (non-hydrogen) atoms. The molecule has 3 unspecified atom stereocenters. The average molecular weight is 1560 g/mol. The third-order valence-corrected chi connectivity index (χ3v) is 17.7. The molecule has 0 bridgehead atoms. The van der Waals surface area contributed by atoms with E-state index in [1.165, 1.54) is 45.1 Å². The Balaban J connectivity index is 2.22. The maximum atomic E-state index is 15.1. The van der Waals surface area contributed by atoms with Gasteiger partial charge in [0.25, 0.3) is 0 Å². The molecule has 2 heterocycles. The number of esters is 1. The number of phenolic OH excluding ortho intramolecular Hbond substituents is 1. The zero-order chi connectivity index (χ0) is 82.8. The van der Waals surface area contributed by atoms with Crippen molar-refractivity contribution >= 4 is 113 Å². The van der Waals surface area contributed by atoms with E-state index in [0.717, 1.165) is 45.4 Å². The molecule has 41 heteroatoms. The molecular weight excluding hydrogens is 1460 g/mol. The number of carbonyl (C=O) groups is 19. The molecule has 2 saturated heterocycles. The summed E-state index contributed by atoms with van der Waals surface area (Å²) in [6, 6.07) is -13.9. The number of benzene rings is 1. The molecule has 41 nitrogen and oxygen atoms in total. The summed E-state index contributed by atoms with van der Waals surface area (Å²) >= 11 is 0. The summed E-state index contributed by atoms with van der Waals surface area (Å²) in [5.41, 5.74) is 0.144. The second kappa shape index (κ2) is 45.9. The third-order valence-electron chi connectivity index (χ3n) is 17.7. The second-order valence-electron chi connectivity index (χ2n) is 26.5. The van der Waals surface area contributed by atoms with Gasteiger partial charge in [0.2, 0.25) is 76.8 Å². The summed E-state index contributed by atoms with van der Waals surface area (Å²) in [6.45, 7) is 5.72.